The normalized spacial score (nSPS) is 15.6. The average molecular weight is 251 g/mol. The van der Waals surface area contributed by atoms with Gasteiger partial charge in [0.05, 0.1) is 12.8 Å². The number of amides is 1. The van der Waals surface area contributed by atoms with E-state index in [0.29, 0.717) is 31.9 Å². The molecule has 1 aliphatic heterocycles. The third-order valence-electron chi connectivity index (χ3n) is 3.09. The van der Waals surface area contributed by atoms with E-state index in [0.717, 1.165) is 11.4 Å². The monoisotopic (exact) mass is 251 g/mol. The molecule has 1 aromatic rings. The lowest BCUT2D eigenvalue weighted by atomic mass is 10.2. The first-order chi connectivity index (χ1) is 8.61. The van der Waals surface area contributed by atoms with Crippen LogP contribution in [0.25, 0.3) is 0 Å². The molecule has 0 radical (unpaired) electrons. The van der Waals surface area contributed by atoms with Crippen LogP contribution in [0.1, 0.15) is 0 Å². The van der Waals surface area contributed by atoms with E-state index in [1.165, 1.54) is 4.90 Å². The van der Waals surface area contributed by atoms with Gasteiger partial charge in [-0.1, -0.05) is 0 Å². The van der Waals surface area contributed by atoms with Gasteiger partial charge in [0.15, 0.2) is 0 Å². The summed E-state index contributed by atoms with van der Waals surface area (Å²) >= 11 is 0. The van der Waals surface area contributed by atoms with Gasteiger partial charge in [-0.05, 0) is 18.2 Å². The van der Waals surface area contributed by atoms with Gasteiger partial charge in [0.25, 0.3) is 0 Å². The van der Waals surface area contributed by atoms with Crippen molar-refractivity contribution in [2.75, 3.05) is 43.9 Å². The van der Waals surface area contributed by atoms with Gasteiger partial charge >= 0.3 is 6.09 Å². The zero-order chi connectivity index (χ0) is 13.1. The number of anilines is 2. The van der Waals surface area contributed by atoms with Crippen LogP contribution in [0.15, 0.2) is 18.2 Å². The maximum atomic E-state index is 10.8. The second-order valence-electron chi connectivity index (χ2n) is 4.19. The van der Waals surface area contributed by atoms with Gasteiger partial charge in [-0.3, -0.25) is 0 Å². The van der Waals surface area contributed by atoms with Crippen LogP contribution in [0, 0.1) is 0 Å². The van der Waals surface area contributed by atoms with E-state index in [1.807, 2.05) is 12.1 Å². The molecule has 0 spiro atoms. The number of nitrogens with two attached hydrogens (primary N) is 1. The maximum Gasteiger partial charge on any atom is 0.407 e. The Kier molecular flexibility index (Phi) is 3.45. The first-order valence-electron chi connectivity index (χ1n) is 5.78. The Labute approximate surface area is 106 Å². The molecule has 2 rings (SSSR count). The predicted octanol–water partition coefficient (Wildman–Crippen LogP) is 1.08. The van der Waals surface area contributed by atoms with Crippen LogP contribution in [0.4, 0.5) is 16.2 Å². The Balaban J connectivity index is 2.14. The van der Waals surface area contributed by atoms with Gasteiger partial charge in [-0.25, -0.2) is 4.79 Å². The molecule has 0 saturated carbocycles. The molecule has 1 saturated heterocycles. The highest BCUT2D eigenvalue weighted by molar-refractivity contribution is 5.67. The summed E-state index contributed by atoms with van der Waals surface area (Å²) in [5.74, 6) is 0.757. The Morgan fingerprint density at radius 1 is 1.33 bits per heavy atom. The fraction of sp³-hybridized carbons (Fsp3) is 0.417. The van der Waals surface area contributed by atoms with Crippen LogP contribution >= 0.6 is 0 Å². The minimum absolute atomic E-state index is 0.493. The van der Waals surface area contributed by atoms with Gasteiger partial charge in [-0.2, -0.15) is 0 Å². The van der Waals surface area contributed by atoms with Gasteiger partial charge in [0.2, 0.25) is 0 Å². The number of benzene rings is 1. The van der Waals surface area contributed by atoms with Crippen molar-refractivity contribution in [1.29, 1.82) is 0 Å². The number of ether oxygens (including phenoxy) is 1. The van der Waals surface area contributed by atoms with Crippen LogP contribution in [0.5, 0.6) is 5.75 Å². The Morgan fingerprint density at radius 2 is 2.00 bits per heavy atom. The summed E-state index contributed by atoms with van der Waals surface area (Å²) in [5.41, 5.74) is 7.37. The van der Waals surface area contributed by atoms with Crippen LogP contribution in [-0.4, -0.2) is 49.4 Å². The minimum Gasteiger partial charge on any atom is -0.495 e. The lowest BCUT2D eigenvalue weighted by Gasteiger charge is -2.35. The molecule has 6 nitrogen and oxygen atoms in total. The molecule has 6 heteroatoms. The number of piperazine rings is 1. The maximum absolute atomic E-state index is 10.8. The number of nitrogen functional groups attached to an aromatic ring is 1. The molecule has 1 aliphatic rings. The quantitative estimate of drug-likeness (QED) is 0.769. The molecule has 98 valence electrons. The van der Waals surface area contributed by atoms with Crippen LogP contribution < -0.4 is 15.4 Å². The Hall–Kier alpha value is -2.11. The molecule has 0 aromatic heterocycles. The number of hydrogen-bond acceptors (Lipinski definition) is 4. The molecular weight excluding hydrogens is 234 g/mol. The number of methoxy groups -OCH3 is 1. The SMILES string of the molecule is COc1ccc(N)cc1N1CCN(C(=O)O)CC1. The van der Waals surface area contributed by atoms with Crippen molar-refractivity contribution in [2.45, 2.75) is 0 Å². The molecule has 0 aliphatic carbocycles. The molecule has 3 N–H and O–H groups in total. The van der Waals surface area contributed by atoms with Crippen molar-refractivity contribution in [3.05, 3.63) is 18.2 Å². The van der Waals surface area contributed by atoms with Gasteiger partial charge in [-0.15, -0.1) is 0 Å². The summed E-state index contributed by atoms with van der Waals surface area (Å²) in [6.07, 6.45) is -0.866. The number of nitrogens with zero attached hydrogens (tertiary/aromatic N) is 2. The highest BCUT2D eigenvalue weighted by Gasteiger charge is 2.22. The lowest BCUT2D eigenvalue weighted by Crippen LogP contribution is -2.48. The van der Waals surface area contributed by atoms with E-state index in [1.54, 1.807) is 13.2 Å². The van der Waals surface area contributed by atoms with Crippen molar-refractivity contribution in [2.24, 2.45) is 0 Å². The zero-order valence-corrected chi connectivity index (χ0v) is 10.3. The van der Waals surface area contributed by atoms with Crippen molar-refractivity contribution in [3.63, 3.8) is 0 Å². The Morgan fingerprint density at radius 3 is 2.56 bits per heavy atom. The molecule has 0 atom stereocenters. The number of hydrogen-bond donors (Lipinski definition) is 2. The van der Waals surface area contributed by atoms with Crippen molar-refractivity contribution in [3.8, 4) is 5.75 Å². The molecule has 0 unspecified atom stereocenters. The van der Waals surface area contributed by atoms with Crippen LogP contribution in [0.2, 0.25) is 0 Å². The summed E-state index contributed by atoms with van der Waals surface area (Å²) in [6.45, 7) is 2.28. The molecule has 1 fully saturated rings. The van der Waals surface area contributed by atoms with Crippen LogP contribution in [-0.2, 0) is 0 Å². The third kappa shape index (κ3) is 2.42. The summed E-state index contributed by atoms with van der Waals surface area (Å²) in [6, 6.07) is 5.47. The number of carbonyl (C=O) groups is 1. The summed E-state index contributed by atoms with van der Waals surface area (Å²) in [7, 11) is 1.61. The van der Waals surface area contributed by atoms with Gasteiger partial charge in [0.1, 0.15) is 5.75 Å². The standard InChI is InChI=1S/C12H17N3O3/c1-18-11-3-2-9(13)8-10(11)14-4-6-15(7-5-14)12(16)17/h2-3,8H,4-7,13H2,1H3,(H,16,17). The van der Waals surface area contributed by atoms with E-state index in [2.05, 4.69) is 4.90 Å². The smallest absolute Gasteiger partial charge is 0.407 e. The summed E-state index contributed by atoms with van der Waals surface area (Å²) in [5, 5.41) is 8.90. The van der Waals surface area contributed by atoms with E-state index >= 15 is 0 Å². The topological polar surface area (TPSA) is 79.0 Å². The number of rotatable bonds is 2. The summed E-state index contributed by atoms with van der Waals surface area (Å²) < 4.78 is 5.30. The molecule has 1 heterocycles. The predicted molar refractivity (Wildman–Crippen MR) is 69.2 cm³/mol. The molecule has 1 aromatic carbocycles. The third-order valence-corrected chi connectivity index (χ3v) is 3.09. The lowest BCUT2D eigenvalue weighted by molar-refractivity contribution is 0.142. The summed E-state index contributed by atoms with van der Waals surface area (Å²) in [4.78, 5) is 14.3. The highest BCUT2D eigenvalue weighted by atomic mass is 16.5. The van der Waals surface area contributed by atoms with Gasteiger partial charge < -0.3 is 25.4 Å². The fourth-order valence-electron chi connectivity index (χ4n) is 2.09. The second kappa shape index (κ2) is 5.03. The zero-order valence-electron chi connectivity index (χ0n) is 10.3. The molecule has 1 amide bonds. The minimum atomic E-state index is -0.866. The van der Waals surface area contributed by atoms with E-state index in [-0.39, 0.29) is 0 Å². The first kappa shape index (κ1) is 12.3. The number of carboxylic acid groups (broad SMARTS) is 1. The fourth-order valence-corrected chi connectivity index (χ4v) is 2.09. The average Bonchev–Trinajstić information content (AvgIpc) is 2.39. The van der Waals surface area contributed by atoms with Gasteiger partial charge in [0, 0.05) is 31.9 Å². The first-order valence-corrected chi connectivity index (χ1v) is 5.78. The highest BCUT2D eigenvalue weighted by Crippen LogP contribution is 2.30. The van der Waals surface area contributed by atoms with Crippen molar-refractivity contribution in [1.82, 2.24) is 4.90 Å². The molecule has 18 heavy (non-hydrogen) atoms. The van der Waals surface area contributed by atoms with E-state index in [9.17, 15) is 4.79 Å². The Bertz CT molecular complexity index is 442. The second-order valence-corrected chi connectivity index (χ2v) is 4.19. The van der Waals surface area contributed by atoms with Crippen LogP contribution in [0.3, 0.4) is 0 Å². The van der Waals surface area contributed by atoms with Crippen molar-refractivity contribution >= 4 is 17.5 Å². The largest absolute Gasteiger partial charge is 0.495 e. The van der Waals surface area contributed by atoms with Crippen molar-refractivity contribution < 1.29 is 14.6 Å². The molecule has 0 bridgehead atoms. The van der Waals surface area contributed by atoms with E-state index in [4.69, 9.17) is 15.6 Å². The van der Waals surface area contributed by atoms with E-state index < -0.39 is 6.09 Å². The molecular formula is C12H17N3O3.